The molecule has 4 heterocycles. The molecule has 2 aromatic carbocycles. The van der Waals surface area contributed by atoms with Gasteiger partial charge in [0.2, 0.25) is 0 Å². The molecule has 1 aliphatic rings. The van der Waals surface area contributed by atoms with E-state index in [9.17, 15) is 4.79 Å². The highest BCUT2D eigenvalue weighted by Gasteiger charge is 2.19. The Labute approximate surface area is 219 Å². The van der Waals surface area contributed by atoms with Gasteiger partial charge in [0.25, 0.3) is 0 Å². The van der Waals surface area contributed by atoms with E-state index in [1.54, 1.807) is 18.5 Å². The molecule has 1 aliphatic heterocycles. The molecule has 0 unspecified atom stereocenters. The predicted octanol–water partition coefficient (Wildman–Crippen LogP) is 5.11. The third-order valence-electron chi connectivity index (χ3n) is 6.29. The lowest BCUT2D eigenvalue weighted by Gasteiger charge is -2.28. The Morgan fingerprint density at radius 2 is 1.82 bits per heavy atom. The van der Waals surface area contributed by atoms with Crippen molar-refractivity contribution in [3.63, 3.8) is 0 Å². The lowest BCUT2D eigenvalue weighted by molar-refractivity contribution is 0.0515. The zero-order valence-electron chi connectivity index (χ0n) is 21.6. The lowest BCUT2D eigenvalue weighted by Crippen LogP contribution is -2.36. The van der Waals surface area contributed by atoms with Crippen LogP contribution >= 0.6 is 0 Å². The maximum Gasteiger partial charge on any atom is 0.435 e. The van der Waals surface area contributed by atoms with E-state index >= 15 is 0 Å². The number of imidazole rings is 1. The van der Waals surface area contributed by atoms with Gasteiger partial charge in [0.15, 0.2) is 11.5 Å². The van der Waals surface area contributed by atoms with Crippen molar-refractivity contribution in [2.75, 3.05) is 36.5 Å². The van der Waals surface area contributed by atoms with Gasteiger partial charge < -0.3 is 19.7 Å². The monoisotopic (exact) mass is 511 g/mol. The van der Waals surface area contributed by atoms with E-state index in [2.05, 4.69) is 44.6 Å². The van der Waals surface area contributed by atoms with E-state index in [1.807, 2.05) is 49.6 Å². The third-order valence-corrected chi connectivity index (χ3v) is 6.29. The second-order valence-corrected chi connectivity index (χ2v) is 10.2. The summed E-state index contributed by atoms with van der Waals surface area (Å²) < 4.78 is 14.1. The summed E-state index contributed by atoms with van der Waals surface area (Å²) in [5.74, 6) is 0.670. The molecule has 10 nitrogen and oxygen atoms in total. The van der Waals surface area contributed by atoms with Gasteiger partial charge in [-0.3, -0.25) is 4.40 Å². The smallest absolute Gasteiger partial charge is 0.435 e. The van der Waals surface area contributed by atoms with Crippen molar-refractivity contribution in [3.05, 3.63) is 67.1 Å². The summed E-state index contributed by atoms with van der Waals surface area (Å²) in [4.78, 5) is 24.1. The molecular weight excluding hydrogens is 482 g/mol. The number of ether oxygens (including phenoxy) is 2. The second-order valence-electron chi connectivity index (χ2n) is 10.2. The molecule has 0 spiro atoms. The molecule has 1 N–H and O–H groups in total. The minimum atomic E-state index is -0.596. The second kappa shape index (κ2) is 9.46. The first-order valence-corrected chi connectivity index (χ1v) is 12.6. The summed E-state index contributed by atoms with van der Waals surface area (Å²) in [7, 11) is 0. The van der Waals surface area contributed by atoms with E-state index in [-0.39, 0.29) is 0 Å². The molecule has 0 amide bonds. The molecule has 3 aromatic heterocycles. The van der Waals surface area contributed by atoms with E-state index < -0.39 is 11.7 Å². The van der Waals surface area contributed by atoms with Crippen molar-refractivity contribution >= 4 is 40.0 Å². The number of morpholine rings is 1. The average molecular weight is 512 g/mol. The van der Waals surface area contributed by atoms with Crippen molar-refractivity contribution in [3.8, 4) is 11.3 Å². The van der Waals surface area contributed by atoms with Crippen LogP contribution in [0.5, 0.6) is 0 Å². The zero-order chi connectivity index (χ0) is 26.3. The van der Waals surface area contributed by atoms with Gasteiger partial charge in [0, 0.05) is 48.6 Å². The Hall–Kier alpha value is -4.44. The van der Waals surface area contributed by atoms with Crippen LogP contribution in [0.25, 0.3) is 27.9 Å². The molecule has 0 radical (unpaired) electrons. The van der Waals surface area contributed by atoms with Gasteiger partial charge in [0.05, 0.1) is 29.9 Å². The Morgan fingerprint density at radius 1 is 1.03 bits per heavy atom. The summed E-state index contributed by atoms with van der Waals surface area (Å²) in [6, 6.07) is 16.0. The highest BCUT2D eigenvalue weighted by molar-refractivity contribution is 5.87. The highest BCUT2D eigenvalue weighted by atomic mass is 16.6. The quantitative estimate of drug-likeness (QED) is 0.355. The number of fused-ring (bicyclic) bond motifs is 3. The molecule has 5 aromatic rings. The van der Waals surface area contributed by atoms with Crippen molar-refractivity contribution < 1.29 is 14.3 Å². The van der Waals surface area contributed by atoms with Crippen LogP contribution in [-0.4, -0.2) is 62.1 Å². The number of rotatable bonds is 4. The topological polar surface area (TPSA) is 98.8 Å². The first kappa shape index (κ1) is 23.9. The van der Waals surface area contributed by atoms with Gasteiger partial charge in [-0.15, -0.1) is 0 Å². The largest absolute Gasteiger partial charge is 0.442 e. The van der Waals surface area contributed by atoms with Crippen LogP contribution in [0, 0.1) is 0 Å². The fourth-order valence-electron chi connectivity index (χ4n) is 4.50. The molecule has 1 saturated heterocycles. The Balaban J connectivity index is 1.28. The maximum absolute atomic E-state index is 12.4. The number of carbonyl (C=O) groups excluding carboxylic acids is 1. The van der Waals surface area contributed by atoms with Crippen LogP contribution < -0.4 is 10.2 Å². The van der Waals surface area contributed by atoms with Gasteiger partial charge in [-0.1, -0.05) is 6.07 Å². The van der Waals surface area contributed by atoms with Gasteiger partial charge >= 0.3 is 6.09 Å². The van der Waals surface area contributed by atoms with Gasteiger partial charge in [-0.25, -0.2) is 14.8 Å². The molecule has 1 fully saturated rings. The van der Waals surface area contributed by atoms with E-state index in [0.29, 0.717) is 17.2 Å². The molecule has 38 heavy (non-hydrogen) atoms. The molecule has 0 atom stereocenters. The van der Waals surface area contributed by atoms with E-state index in [0.717, 1.165) is 48.6 Å². The van der Waals surface area contributed by atoms with Crippen molar-refractivity contribution in [2.45, 2.75) is 26.4 Å². The maximum atomic E-state index is 12.4. The van der Waals surface area contributed by atoms with E-state index in [1.165, 1.54) is 10.4 Å². The van der Waals surface area contributed by atoms with Crippen LogP contribution in [0.3, 0.4) is 0 Å². The lowest BCUT2D eigenvalue weighted by atomic mass is 10.1. The van der Waals surface area contributed by atoms with E-state index in [4.69, 9.17) is 14.5 Å². The molecule has 0 saturated carbocycles. The molecular formula is C28H29N7O3. The molecule has 0 bridgehead atoms. The average Bonchev–Trinajstić information content (AvgIpc) is 3.60. The van der Waals surface area contributed by atoms with Crippen LogP contribution in [0.4, 0.5) is 22.0 Å². The number of nitrogens with zero attached hydrogens (tertiary/aromatic N) is 6. The number of anilines is 3. The van der Waals surface area contributed by atoms with Gasteiger partial charge in [-0.2, -0.15) is 9.78 Å². The van der Waals surface area contributed by atoms with Crippen molar-refractivity contribution in [1.29, 1.82) is 0 Å². The number of aromatic nitrogens is 5. The number of nitrogens with one attached hydrogen (secondary N) is 1. The molecule has 194 valence electrons. The van der Waals surface area contributed by atoms with Crippen molar-refractivity contribution in [2.24, 2.45) is 0 Å². The molecule has 10 heteroatoms. The zero-order valence-corrected chi connectivity index (χ0v) is 21.6. The SMILES string of the molecule is CC(C)(C)OC(=O)n1ccc(-c2ccc3nc(Nc4ccc(N5CCOCC5)cc4)c4nccn4c3c2)n1. The highest BCUT2D eigenvalue weighted by Crippen LogP contribution is 2.28. The van der Waals surface area contributed by atoms with Gasteiger partial charge in [0.1, 0.15) is 5.60 Å². The van der Waals surface area contributed by atoms with Crippen LogP contribution in [0.2, 0.25) is 0 Å². The molecule has 6 rings (SSSR count). The summed E-state index contributed by atoms with van der Waals surface area (Å²) >= 11 is 0. The summed E-state index contributed by atoms with van der Waals surface area (Å²) in [5.41, 5.74) is 5.44. The first-order valence-electron chi connectivity index (χ1n) is 12.6. The predicted molar refractivity (Wildman–Crippen MR) is 146 cm³/mol. The number of hydrogen-bond donors (Lipinski definition) is 1. The Bertz CT molecular complexity index is 1610. The van der Waals surface area contributed by atoms with Crippen LogP contribution in [0.15, 0.2) is 67.1 Å². The number of benzene rings is 2. The normalized spacial score (nSPS) is 14.2. The first-order chi connectivity index (χ1) is 18.3. The number of carbonyl (C=O) groups is 1. The molecule has 0 aliphatic carbocycles. The summed E-state index contributed by atoms with van der Waals surface area (Å²) in [6.07, 6.45) is 4.76. The summed E-state index contributed by atoms with van der Waals surface area (Å²) in [5, 5.41) is 7.86. The van der Waals surface area contributed by atoms with Crippen LogP contribution in [0.1, 0.15) is 20.8 Å². The number of hydrogen-bond acceptors (Lipinski definition) is 8. The van der Waals surface area contributed by atoms with Crippen molar-refractivity contribution in [1.82, 2.24) is 24.1 Å². The Kier molecular flexibility index (Phi) is 5.96. The standard InChI is InChI=1S/C28H29N7O3/c1-28(2,3)38-27(36)35-12-10-22(32-35)19-4-9-23-24(18-19)34-13-11-29-26(34)25(31-23)30-20-5-7-21(8-6-20)33-14-16-37-17-15-33/h4-13,18H,14-17H2,1-3H3,(H,30,31). The minimum absolute atomic E-state index is 0.517. The van der Waals surface area contributed by atoms with Gasteiger partial charge in [-0.05, 0) is 63.2 Å². The fourth-order valence-corrected chi connectivity index (χ4v) is 4.50. The van der Waals surface area contributed by atoms with Crippen LogP contribution in [-0.2, 0) is 9.47 Å². The summed E-state index contributed by atoms with van der Waals surface area (Å²) in [6.45, 7) is 8.79. The Morgan fingerprint density at radius 3 is 2.58 bits per heavy atom. The minimum Gasteiger partial charge on any atom is -0.442 e. The third kappa shape index (κ3) is 4.78. The fraction of sp³-hybridized carbons (Fsp3) is 0.286.